The largest absolute Gasteiger partial charge is 0.315 e. The van der Waals surface area contributed by atoms with Crippen molar-refractivity contribution in [2.75, 3.05) is 18.5 Å². The summed E-state index contributed by atoms with van der Waals surface area (Å²) in [5.74, 6) is 0.959. The molecule has 2 unspecified atom stereocenters. The average Bonchev–Trinajstić information content (AvgIpc) is 3.00. The Morgan fingerprint density at radius 3 is 2.74 bits per heavy atom. The van der Waals surface area contributed by atoms with Gasteiger partial charge in [0.25, 0.3) is 0 Å². The Balaban J connectivity index is 1.75. The van der Waals surface area contributed by atoms with Crippen LogP contribution in [0.25, 0.3) is 0 Å². The number of carbonyl (C=O) groups excluding carboxylic acids is 1. The smallest absolute Gasteiger partial charge is 0.228 e. The average molecular weight is 258 g/mol. The molecule has 1 saturated carbocycles. The van der Waals surface area contributed by atoms with Crippen molar-refractivity contribution in [3.05, 3.63) is 29.8 Å². The van der Waals surface area contributed by atoms with E-state index in [4.69, 9.17) is 0 Å². The number of carbonyl (C=O) groups is 1. The lowest BCUT2D eigenvalue weighted by Gasteiger charge is -2.32. The highest BCUT2D eigenvalue weighted by Gasteiger charge is 2.45. The van der Waals surface area contributed by atoms with Gasteiger partial charge in [-0.05, 0) is 35.9 Å². The van der Waals surface area contributed by atoms with Gasteiger partial charge < -0.3 is 10.2 Å². The lowest BCUT2D eigenvalue weighted by molar-refractivity contribution is -0.119. The van der Waals surface area contributed by atoms with Gasteiger partial charge in [-0.15, -0.1) is 0 Å². The van der Waals surface area contributed by atoms with Crippen LogP contribution in [0.15, 0.2) is 24.3 Å². The van der Waals surface area contributed by atoms with Gasteiger partial charge in [0.15, 0.2) is 0 Å². The number of hydrogen-bond acceptors (Lipinski definition) is 2. The molecule has 3 nitrogen and oxygen atoms in total. The first kappa shape index (κ1) is 12.7. The Morgan fingerprint density at radius 2 is 2.05 bits per heavy atom. The third-order valence-electron chi connectivity index (χ3n) is 4.75. The fraction of sp³-hybridized carbons (Fsp3) is 0.562. The monoisotopic (exact) mass is 258 g/mol. The standard InChI is InChI=1S/C16H22N2O/c1-16(2)9-11(16)10-17-13-8-15(19)18(3)14-7-5-4-6-12(13)14/h4-7,11,13,17H,8-10H2,1-3H3. The zero-order valence-electron chi connectivity index (χ0n) is 11.9. The van der Waals surface area contributed by atoms with Gasteiger partial charge in [0.05, 0.1) is 0 Å². The van der Waals surface area contributed by atoms with Gasteiger partial charge in [0.1, 0.15) is 0 Å². The van der Waals surface area contributed by atoms with Gasteiger partial charge in [0, 0.05) is 25.2 Å². The molecule has 1 fully saturated rings. The van der Waals surface area contributed by atoms with Crippen LogP contribution in [0.2, 0.25) is 0 Å². The molecule has 1 heterocycles. The van der Waals surface area contributed by atoms with Crippen molar-refractivity contribution in [3.63, 3.8) is 0 Å². The second kappa shape index (κ2) is 4.34. The number of rotatable bonds is 3. The number of hydrogen-bond donors (Lipinski definition) is 1. The van der Waals surface area contributed by atoms with Gasteiger partial charge >= 0.3 is 0 Å². The molecule has 0 saturated heterocycles. The van der Waals surface area contributed by atoms with Crippen LogP contribution in [0.3, 0.4) is 0 Å². The van der Waals surface area contributed by atoms with Crippen molar-refractivity contribution < 1.29 is 4.79 Å². The number of anilines is 1. The Labute approximate surface area is 115 Å². The number of nitrogens with zero attached hydrogens (tertiary/aromatic N) is 1. The highest BCUT2D eigenvalue weighted by atomic mass is 16.2. The fourth-order valence-electron chi connectivity index (χ4n) is 3.03. The zero-order chi connectivity index (χ0) is 13.6. The third-order valence-corrected chi connectivity index (χ3v) is 4.75. The van der Waals surface area contributed by atoms with E-state index in [0.29, 0.717) is 11.8 Å². The molecule has 1 aliphatic carbocycles. The summed E-state index contributed by atoms with van der Waals surface area (Å²) in [5, 5.41) is 3.60. The van der Waals surface area contributed by atoms with E-state index in [9.17, 15) is 4.79 Å². The minimum absolute atomic E-state index is 0.177. The molecular weight excluding hydrogens is 236 g/mol. The van der Waals surface area contributed by atoms with Crippen LogP contribution in [0.4, 0.5) is 5.69 Å². The summed E-state index contributed by atoms with van der Waals surface area (Å²) in [6, 6.07) is 8.39. The molecule has 1 amide bonds. The quantitative estimate of drug-likeness (QED) is 0.904. The molecule has 1 aromatic carbocycles. The molecule has 3 rings (SSSR count). The minimum atomic E-state index is 0.177. The molecule has 2 atom stereocenters. The van der Waals surface area contributed by atoms with E-state index >= 15 is 0 Å². The summed E-state index contributed by atoms with van der Waals surface area (Å²) in [6.07, 6.45) is 1.86. The maximum Gasteiger partial charge on any atom is 0.228 e. The maximum absolute atomic E-state index is 12.0. The molecule has 1 aromatic rings. The van der Waals surface area contributed by atoms with E-state index in [1.807, 2.05) is 19.2 Å². The highest BCUT2D eigenvalue weighted by Crippen LogP contribution is 2.51. The Hall–Kier alpha value is -1.35. The SMILES string of the molecule is CN1C(=O)CC(NCC2CC2(C)C)c2ccccc21. The number of benzene rings is 1. The zero-order valence-corrected chi connectivity index (χ0v) is 11.9. The van der Waals surface area contributed by atoms with Crippen LogP contribution in [0.5, 0.6) is 0 Å². The minimum Gasteiger partial charge on any atom is -0.315 e. The summed E-state index contributed by atoms with van der Waals surface area (Å²) in [4.78, 5) is 13.8. The van der Waals surface area contributed by atoms with Crippen LogP contribution in [0.1, 0.15) is 38.3 Å². The molecule has 102 valence electrons. The van der Waals surface area contributed by atoms with Crippen molar-refractivity contribution in [1.82, 2.24) is 5.32 Å². The van der Waals surface area contributed by atoms with Crippen molar-refractivity contribution >= 4 is 11.6 Å². The van der Waals surface area contributed by atoms with E-state index in [1.54, 1.807) is 4.90 Å². The van der Waals surface area contributed by atoms with E-state index < -0.39 is 0 Å². The lowest BCUT2D eigenvalue weighted by Crippen LogP contribution is -2.38. The first-order chi connectivity index (χ1) is 8.99. The first-order valence-corrected chi connectivity index (χ1v) is 7.08. The van der Waals surface area contributed by atoms with Gasteiger partial charge in [0.2, 0.25) is 5.91 Å². The molecule has 0 aromatic heterocycles. The van der Waals surface area contributed by atoms with E-state index in [1.165, 1.54) is 12.0 Å². The third kappa shape index (κ3) is 2.27. The lowest BCUT2D eigenvalue weighted by atomic mass is 9.96. The fourth-order valence-corrected chi connectivity index (χ4v) is 3.03. The molecular formula is C16H22N2O. The highest BCUT2D eigenvalue weighted by molar-refractivity contribution is 5.96. The normalized spacial score (nSPS) is 28.2. The number of para-hydroxylation sites is 1. The van der Waals surface area contributed by atoms with Crippen molar-refractivity contribution in [2.45, 2.75) is 32.7 Å². The molecule has 0 bridgehead atoms. The molecule has 0 radical (unpaired) electrons. The van der Waals surface area contributed by atoms with Gasteiger partial charge in [-0.2, -0.15) is 0 Å². The summed E-state index contributed by atoms with van der Waals surface area (Å²) < 4.78 is 0. The maximum atomic E-state index is 12.0. The van der Waals surface area contributed by atoms with Gasteiger partial charge in [-0.1, -0.05) is 32.0 Å². The Morgan fingerprint density at radius 1 is 1.37 bits per heavy atom. The van der Waals surface area contributed by atoms with E-state index in [-0.39, 0.29) is 11.9 Å². The topological polar surface area (TPSA) is 32.3 Å². The number of amides is 1. The summed E-state index contributed by atoms with van der Waals surface area (Å²) in [7, 11) is 1.86. The number of fused-ring (bicyclic) bond motifs is 1. The number of nitrogens with one attached hydrogen (secondary N) is 1. The van der Waals surface area contributed by atoms with Crippen molar-refractivity contribution in [1.29, 1.82) is 0 Å². The van der Waals surface area contributed by atoms with Crippen LogP contribution in [-0.4, -0.2) is 19.5 Å². The molecule has 1 aliphatic heterocycles. The molecule has 1 N–H and O–H groups in total. The van der Waals surface area contributed by atoms with Crippen molar-refractivity contribution in [3.8, 4) is 0 Å². The molecule has 2 aliphatic rings. The van der Waals surface area contributed by atoms with Crippen LogP contribution in [0, 0.1) is 11.3 Å². The van der Waals surface area contributed by atoms with E-state index in [2.05, 4.69) is 31.3 Å². The van der Waals surface area contributed by atoms with Crippen LogP contribution >= 0.6 is 0 Å². The molecule has 19 heavy (non-hydrogen) atoms. The Kier molecular flexibility index (Phi) is 2.90. The van der Waals surface area contributed by atoms with Crippen LogP contribution in [-0.2, 0) is 4.79 Å². The second-order valence-corrected chi connectivity index (χ2v) is 6.57. The van der Waals surface area contributed by atoms with Gasteiger partial charge in [-0.25, -0.2) is 0 Å². The predicted molar refractivity (Wildman–Crippen MR) is 77.1 cm³/mol. The summed E-state index contributed by atoms with van der Waals surface area (Å²) in [6.45, 7) is 5.64. The summed E-state index contributed by atoms with van der Waals surface area (Å²) >= 11 is 0. The Bertz CT molecular complexity index is 509. The molecule has 3 heteroatoms. The van der Waals surface area contributed by atoms with E-state index in [0.717, 1.165) is 18.2 Å². The summed E-state index contributed by atoms with van der Waals surface area (Å²) in [5.41, 5.74) is 2.79. The van der Waals surface area contributed by atoms with Crippen molar-refractivity contribution in [2.24, 2.45) is 11.3 Å². The molecule has 0 spiro atoms. The second-order valence-electron chi connectivity index (χ2n) is 6.57. The first-order valence-electron chi connectivity index (χ1n) is 7.08. The predicted octanol–water partition coefficient (Wildman–Crippen LogP) is 2.73. The van der Waals surface area contributed by atoms with Crippen LogP contribution < -0.4 is 10.2 Å². The van der Waals surface area contributed by atoms with Gasteiger partial charge in [-0.3, -0.25) is 4.79 Å².